The zero-order valence-corrected chi connectivity index (χ0v) is 14.5. The highest BCUT2D eigenvalue weighted by atomic mass is 35.8. The second-order valence-electron chi connectivity index (χ2n) is 4.71. The van der Waals surface area contributed by atoms with Crippen LogP contribution >= 0.6 is 33.2 Å². The molecule has 0 aliphatic heterocycles. The number of hydrogen-bond donors (Lipinski definition) is 0. The first-order chi connectivity index (χ1) is 10.9. The Balaban J connectivity index is 6.24. The van der Waals surface area contributed by atoms with Crippen molar-refractivity contribution >= 4 is 39.2 Å². The van der Waals surface area contributed by atoms with Crippen LogP contribution in [-0.4, -0.2) is 48.0 Å². The van der Waals surface area contributed by atoms with Crippen molar-refractivity contribution in [2.75, 3.05) is 0 Å². The Kier molecular flexibility index (Phi) is 6.89. The van der Waals surface area contributed by atoms with Crippen LogP contribution in [0.15, 0.2) is 0 Å². The minimum absolute atomic E-state index is 2.18. The van der Waals surface area contributed by atoms with Crippen molar-refractivity contribution in [3.8, 4) is 0 Å². The Hall–Kier alpha value is 0.107. The van der Waals surface area contributed by atoms with Crippen LogP contribution < -0.4 is 0 Å². The summed E-state index contributed by atoms with van der Waals surface area (Å²) < 4.78 is 178. The highest BCUT2D eigenvalue weighted by Gasteiger charge is 2.91. The summed E-state index contributed by atoms with van der Waals surface area (Å²) in [5.74, 6) is -38.7. The molecule has 18 heteroatoms. The van der Waals surface area contributed by atoms with Gasteiger partial charge >= 0.3 is 41.8 Å². The fourth-order valence-corrected chi connectivity index (χ4v) is 3.19. The van der Waals surface area contributed by atoms with Gasteiger partial charge in [0.1, 0.15) is 0 Å². The molecule has 0 saturated heterocycles. The molecule has 26 heavy (non-hydrogen) atoms. The number of halogens is 17. The lowest BCUT2D eigenvalue weighted by Crippen LogP contribution is -2.71. The fourth-order valence-electron chi connectivity index (χ4n) is 1.31. The van der Waals surface area contributed by atoms with Crippen LogP contribution in [-0.2, 0) is 0 Å². The maximum absolute atomic E-state index is 13.2. The summed E-state index contributed by atoms with van der Waals surface area (Å²) in [7, 11) is 0. The third-order valence-electron chi connectivity index (χ3n) is 2.76. The summed E-state index contributed by atoms with van der Waals surface area (Å²) in [5.41, 5.74) is 0. The summed E-state index contributed by atoms with van der Waals surface area (Å²) in [6, 6.07) is -6.80. The van der Waals surface area contributed by atoms with E-state index in [-0.39, 0.29) is 0 Å². The van der Waals surface area contributed by atoms with Gasteiger partial charge in [-0.05, 0) is 0 Å². The van der Waals surface area contributed by atoms with Gasteiger partial charge in [-0.15, -0.1) is 33.2 Å². The molecule has 1 unspecified atom stereocenters. The average molecular weight is 500 g/mol. The smallest absolute Gasteiger partial charge is 0.241 e. The van der Waals surface area contributed by atoms with Gasteiger partial charge in [0, 0.05) is 6.04 Å². The second kappa shape index (κ2) is 6.86. The Labute approximate surface area is 149 Å². The van der Waals surface area contributed by atoms with E-state index in [4.69, 9.17) is 33.2 Å². The molecule has 0 aliphatic carbocycles. The van der Waals surface area contributed by atoms with Crippen LogP contribution in [0.1, 0.15) is 0 Å². The maximum atomic E-state index is 13.2. The summed E-state index contributed by atoms with van der Waals surface area (Å²) in [6.07, 6.45) is -12.1. The molecule has 0 fully saturated rings. The zero-order valence-electron chi connectivity index (χ0n) is 11.2. The maximum Gasteiger partial charge on any atom is 0.460 e. The number of hydrogen-bond acceptors (Lipinski definition) is 0. The summed E-state index contributed by atoms with van der Waals surface area (Å²) >= 11 is 14.6. The monoisotopic (exact) mass is 498 g/mol. The van der Waals surface area contributed by atoms with E-state index in [1.54, 1.807) is 0 Å². The molecule has 0 aliphatic rings. The minimum atomic E-state index is -8.09. The predicted octanol–water partition coefficient (Wildman–Crippen LogP) is 6.72. The molecule has 0 rings (SSSR count). The van der Waals surface area contributed by atoms with Crippen LogP contribution in [0.4, 0.5) is 61.5 Å². The van der Waals surface area contributed by atoms with E-state index < -0.39 is 54.0 Å². The van der Waals surface area contributed by atoms with Crippen LogP contribution in [0.3, 0.4) is 0 Å². The Morgan fingerprint density at radius 1 is 0.577 bits per heavy atom. The Bertz CT molecular complexity index is 509. The Morgan fingerprint density at radius 3 is 1.15 bits per heavy atom. The van der Waals surface area contributed by atoms with Crippen molar-refractivity contribution in [3.63, 3.8) is 0 Å². The molecule has 0 amide bonds. The van der Waals surface area contributed by atoms with E-state index >= 15 is 0 Å². The third kappa shape index (κ3) is 4.09. The first-order valence-corrected chi connectivity index (χ1v) is 10.8. The van der Waals surface area contributed by atoms with Gasteiger partial charge in [-0.3, -0.25) is 0 Å². The largest absolute Gasteiger partial charge is 0.460 e. The lowest BCUT2D eigenvalue weighted by Gasteiger charge is -2.40. The molecule has 1 atom stereocenters. The normalized spacial score (nSPS) is 17.4. The molecule has 0 aromatic rings. The van der Waals surface area contributed by atoms with Gasteiger partial charge in [0.05, 0.1) is 0 Å². The van der Waals surface area contributed by atoms with Gasteiger partial charge in [-0.25, -0.2) is 4.39 Å². The molecular formula is C8H3Cl3F14Si. The summed E-state index contributed by atoms with van der Waals surface area (Å²) in [6.45, 7) is 0. The van der Waals surface area contributed by atoms with Gasteiger partial charge in [0.25, 0.3) is 0 Å². The van der Waals surface area contributed by atoms with Gasteiger partial charge in [-0.2, -0.15) is 57.1 Å². The first kappa shape index (κ1) is 26.1. The van der Waals surface area contributed by atoms with Crippen molar-refractivity contribution in [2.45, 2.75) is 48.0 Å². The first-order valence-electron chi connectivity index (χ1n) is 5.54. The fraction of sp³-hybridized carbons (Fsp3) is 1.00. The number of alkyl halides is 14. The van der Waals surface area contributed by atoms with Gasteiger partial charge in [-0.1, -0.05) is 0 Å². The Morgan fingerprint density at radius 2 is 0.885 bits per heavy atom. The van der Waals surface area contributed by atoms with E-state index in [9.17, 15) is 61.5 Å². The zero-order chi connectivity index (χ0) is 21.8. The lowest BCUT2D eigenvalue weighted by molar-refractivity contribution is -0.442. The highest BCUT2D eigenvalue weighted by molar-refractivity contribution is 7.64. The molecular weight excluding hydrogens is 497 g/mol. The van der Waals surface area contributed by atoms with Crippen LogP contribution in [0.25, 0.3) is 0 Å². The summed E-state index contributed by atoms with van der Waals surface area (Å²) in [5, 5.41) is 0. The molecule has 0 aromatic heterocycles. The number of rotatable bonds is 7. The van der Waals surface area contributed by atoms with Crippen molar-refractivity contribution in [2.24, 2.45) is 0 Å². The van der Waals surface area contributed by atoms with Crippen molar-refractivity contribution in [1.29, 1.82) is 0 Å². The topological polar surface area (TPSA) is 0 Å². The van der Waals surface area contributed by atoms with E-state index in [0.29, 0.717) is 0 Å². The SMILES string of the molecule is FC(C[Si](Cl)(Cl)Cl)C(F)(F)C(F)(F)C(F)(F)C(F)(F)C(F)(F)C(F)(F)F. The molecule has 0 aromatic carbocycles. The minimum Gasteiger partial charge on any atom is -0.241 e. The van der Waals surface area contributed by atoms with E-state index in [1.165, 1.54) is 0 Å². The van der Waals surface area contributed by atoms with E-state index in [1.807, 2.05) is 0 Å². The van der Waals surface area contributed by atoms with Crippen molar-refractivity contribution in [1.82, 2.24) is 0 Å². The van der Waals surface area contributed by atoms with Crippen LogP contribution in [0.2, 0.25) is 6.04 Å². The van der Waals surface area contributed by atoms with E-state index in [2.05, 4.69) is 0 Å². The average Bonchev–Trinajstić information content (AvgIpc) is 2.34. The standard InChI is InChI=1S/C8H3Cl3F14Si/c9-26(10,11)1-2(12)3(13,14)4(15,16)5(17,18)6(19,20)7(21,22)8(23,24)25/h2H,1H2. The van der Waals surface area contributed by atoms with Crippen molar-refractivity contribution in [3.05, 3.63) is 0 Å². The molecule has 0 nitrogen and oxygen atoms in total. The highest BCUT2D eigenvalue weighted by Crippen LogP contribution is 2.61. The lowest BCUT2D eigenvalue weighted by atomic mass is 9.92. The van der Waals surface area contributed by atoms with Gasteiger partial charge in [0.15, 0.2) is 6.17 Å². The molecule has 0 heterocycles. The molecule has 0 saturated carbocycles. The quantitative estimate of drug-likeness (QED) is 0.207. The second-order valence-corrected chi connectivity index (χ2v) is 13.9. The molecule has 0 radical (unpaired) electrons. The molecule has 0 bridgehead atoms. The van der Waals surface area contributed by atoms with Crippen LogP contribution in [0, 0.1) is 0 Å². The molecule has 158 valence electrons. The third-order valence-corrected chi connectivity index (χ3v) is 4.97. The van der Waals surface area contributed by atoms with Crippen molar-refractivity contribution < 1.29 is 61.5 Å². The van der Waals surface area contributed by atoms with Gasteiger partial charge < -0.3 is 0 Å². The van der Waals surface area contributed by atoms with E-state index in [0.717, 1.165) is 0 Å². The van der Waals surface area contributed by atoms with Crippen LogP contribution in [0.5, 0.6) is 0 Å². The predicted molar refractivity (Wildman–Crippen MR) is 63.8 cm³/mol. The summed E-state index contributed by atoms with van der Waals surface area (Å²) in [4.78, 5) is 0. The van der Waals surface area contributed by atoms with Gasteiger partial charge in [0.2, 0.25) is 0 Å². The molecule has 0 N–H and O–H groups in total. The molecule has 0 spiro atoms.